The number of aromatic nitrogens is 1. The van der Waals surface area contributed by atoms with Crippen LogP contribution in [0.2, 0.25) is 0 Å². The van der Waals surface area contributed by atoms with Gasteiger partial charge in [-0.2, -0.15) is 0 Å². The van der Waals surface area contributed by atoms with Crippen LogP contribution in [0.4, 0.5) is 4.79 Å². The molecule has 1 aromatic heterocycles. The van der Waals surface area contributed by atoms with Gasteiger partial charge in [-0.3, -0.25) is 0 Å². The molecule has 112 valence electrons. The van der Waals surface area contributed by atoms with Gasteiger partial charge in [0.15, 0.2) is 5.69 Å². The highest BCUT2D eigenvalue weighted by Gasteiger charge is 2.11. The van der Waals surface area contributed by atoms with E-state index < -0.39 is 5.97 Å². The van der Waals surface area contributed by atoms with E-state index in [2.05, 4.69) is 17.2 Å². The summed E-state index contributed by atoms with van der Waals surface area (Å²) in [5.74, 6) is -1.02. The Morgan fingerprint density at radius 2 is 2.20 bits per heavy atom. The molecule has 0 aliphatic heterocycles. The van der Waals surface area contributed by atoms with Crippen molar-refractivity contribution in [3.63, 3.8) is 0 Å². The van der Waals surface area contributed by atoms with Gasteiger partial charge in [0.05, 0.1) is 5.01 Å². The van der Waals surface area contributed by atoms with Crippen molar-refractivity contribution in [3.8, 4) is 0 Å². The molecule has 6 nitrogen and oxygen atoms in total. The van der Waals surface area contributed by atoms with Crippen LogP contribution in [0.3, 0.4) is 0 Å². The van der Waals surface area contributed by atoms with Crippen molar-refractivity contribution < 1.29 is 14.7 Å². The lowest BCUT2D eigenvalue weighted by Crippen LogP contribution is -2.41. The van der Waals surface area contributed by atoms with E-state index in [1.807, 2.05) is 6.92 Å². The summed E-state index contributed by atoms with van der Waals surface area (Å²) < 4.78 is 0. The number of carbonyl (C=O) groups excluding carboxylic acids is 1. The van der Waals surface area contributed by atoms with Crippen LogP contribution in [0.25, 0.3) is 0 Å². The smallest absolute Gasteiger partial charge is 0.355 e. The Kier molecular flexibility index (Phi) is 7.00. The van der Waals surface area contributed by atoms with Crippen LogP contribution in [0, 0.1) is 0 Å². The second kappa shape index (κ2) is 8.52. The molecule has 0 saturated carbocycles. The Bertz CT molecular complexity index is 448. The van der Waals surface area contributed by atoms with E-state index in [1.165, 1.54) is 16.7 Å². The lowest BCUT2D eigenvalue weighted by Gasteiger charge is -2.20. The van der Waals surface area contributed by atoms with E-state index in [-0.39, 0.29) is 11.7 Å². The highest BCUT2D eigenvalue weighted by atomic mass is 32.1. The average Bonchev–Trinajstić information content (AvgIpc) is 2.88. The fourth-order valence-electron chi connectivity index (χ4n) is 1.66. The number of nitrogens with zero attached hydrogens (tertiary/aromatic N) is 2. The molecular formula is C13H21N3O3S. The number of hydrogen-bond acceptors (Lipinski definition) is 4. The Balaban J connectivity index is 2.34. The van der Waals surface area contributed by atoms with E-state index in [0.29, 0.717) is 19.5 Å². The topological polar surface area (TPSA) is 82.5 Å². The standard InChI is InChI=1S/C13H21N3O3S/c1-3-5-8-16(4-2)13(19)14-7-6-11-15-10(9-20-11)12(17)18/h9H,3-8H2,1-2H3,(H,14,19)(H,17,18). The molecule has 0 spiro atoms. The highest BCUT2D eigenvalue weighted by molar-refractivity contribution is 7.09. The van der Waals surface area contributed by atoms with Crippen molar-refractivity contribution in [1.29, 1.82) is 0 Å². The third-order valence-electron chi connectivity index (χ3n) is 2.84. The zero-order valence-corrected chi connectivity index (χ0v) is 12.7. The molecule has 0 radical (unpaired) electrons. The van der Waals surface area contributed by atoms with Crippen molar-refractivity contribution in [1.82, 2.24) is 15.2 Å². The largest absolute Gasteiger partial charge is 0.476 e. The van der Waals surface area contributed by atoms with E-state index in [1.54, 1.807) is 4.90 Å². The molecule has 0 aliphatic rings. The van der Waals surface area contributed by atoms with Gasteiger partial charge in [0, 0.05) is 31.4 Å². The van der Waals surface area contributed by atoms with E-state index in [4.69, 9.17) is 5.11 Å². The fourth-order valence-corrected chi connectivity index (χ4v) is 2.44. The maximum atomic E-state index is 11.9. The van der Waals surface area contributed by atoms with Crippen LogP contribution in [0.15, 0.2) is 5.38 Å². The van der Waals surface area contributed by atoms with Gasteiger partial charge in [0.25, 0.3) is 0 Å². The van der Waals surface area contributed by atoms with Crippen LogP contribution < -0.4 is 5.32 Å². The number of thiazole rings is 1. The number of urea groups is 1. The highest BCUT2D eigenvalue weighted by Crippen LogP contribution is 2.09. The molecule has 2 N–H and O–H groups in total. The summed E-state index contributed by atoms with van der Waals surface area (Å²) in [4.78, 5) is 28.3. The second-order valence-electron chi connectivity index (χ2n) is 4.35. The summed E-state index contributed by atoms with van der Waals surface area (Å²) in [6.07, 6.45) is 2.60. The van der Waals surface area contributed by atoms with E-state index in [0.717, 1.165) is 24.4 Å². The van der Waals surface area contributed by atoms with Gasteiger partial charge < -0.3 is 15.3 Å². The van der Waals surface area contributed by atoms with Crippen LogP contribution in [-0.4, -0.2) is 46.6 Å². The number of aromatic carboxylic acids is 1. The number of hydrogen-bond donors (Lipinski definition) is 2. The van der Waals surface area contributed by atoms with Crippen molar-refractivity contribution in [2.24, 2.45) is 0 Å². The molecule has 0 aliphatic carbocycles. The lowest BCUT2D eigenvalue weighted by molar-refractivity contribution is 0.0691. The summed E-state index contributed by atoms with van der Waals surface area (Å²) in [6.45, 7) is 5.96. The average molecular weight is 299 g/mol. The maximum Gasteiger partial charge on any atom is 0.355 e. The molecule has 0 saturated heterocycles. The molecule has 1 rings (SSSR count). The van der Waals surface area contributed by atoms with Crippen molar-refractivity contribution in [2.45, 2.75) is 33.1 Å². The molecule has 1 aromatic rings. The van der Waals surface area contributed by atoms with E-state index >= 15 is 0 Å². The number of rotatable bonds is 8. The molecule has 0 aromatic carbocycles. The van der Waals surface area contributed by atoms with Crippen molar-refractivity contribution >= 4 is 23.3 Å². The van der Waals surface area contributed by atoms with Gasteiger partial charge in [0.1, 0.15) is 0 Å². The third kappa shape index (κ3) is 5.16. The Hall–Kier alpha value is -1.63. The zero-order chi connectivity index (χ0) is 15.0. The van der Waals surface area contributed by atoms with Crippen LogP contribution in [-0.2, 0) is 6.42 Å². The van der Waals surface area contributed by atoms with Crippen LogP contribution >= 0.6 is 11.3 Å². The van der Waals surface area contributed by atoms with Gasteiger partial charge in [-0.05, 0) is 13.3 Å². The summed E-state index contributed by atoms with van der Waals surface area (Å²) >= 11 is 1.30. The molecule has 0 bridgehead atoms. The number of amides is 2. The summed E-state index contributed by atoms with van der Waals surface area (Å²) in [5.41, 5.74) is 0.0643. The molecule has 2 amide bonds. The van der Waals surface area contributed by atoms with Gasteiger partial charge in [0.2, 0.25) is 0 Å². The first-order chi connectivity index (χ1) is 9.58. The predicted octanol–water partition coefficient (Wildman–Crippen LogP) is 2.22. The summed E-state index contributed by atoms with van der Waals surface area (Å²) in [7, 11) is 0. The summed E-state index contributed by atoms with van der Waals surface area (Å²) in [5, 5.41) is 13.8. The first kappa shape index (κ1) is 16.4. The van der Waals surface area contributed by atoms with Crippen molar-refractivity contribution in [3.05, 3.63) is 16.1 Å². The zero-order valence-electron chi connectivity index (χ0n) is 11.9. The third-order valence-corrected chi connectivity index (χ3v) is 3.75. The number of carboxylic acid groups (broad SMARTS) is 1. The number of unbranched alkanes of at least 4 members (excludes halogenated alkanes) is 1. The van der Waals surface area contributed by atoms with Gasteiger partial charge in [-0.15, -0.1) is 11.3 Å². The quantitative estimate of drug-likeness (QED) is 0.771. The minimum Gasteiger partial charge on any atom is -0.476 e. The molecule has 1 heterocycles. The first-order valence-electron chi connectivity index (χ1n) is 6.78. The first-order valence-corrected chi connectivity index (χ1v) is 7.66. The Morgan fingerprint density at radius 1 is 1.45 bits per heavy atom. The van der Waals surface area contributed by atoms with Crippen LogP contribution in [0.1, 0.15) is 42.2 Å². The number of nitrogens with one attached hydrogen (secondary N) is 1. The molecule has 0 fully saturated rings. The Labute approximate surface area is 122 Å². The fraction of sp³-hybridized carbons (Fsp3) is 0.615. The molecule has 7 heteroatoms. The molecular weight excluding hydrogens is 278 g/mol. The number of carboxylic acids is 1. The monoisotopic (exact) mass is 299 g/mol. The molecule has 0 unspecified atom stereocenters. The maximum absolute atomic E-state index is 11.9. The Morgan fingerprint density at radius 3 is 2.75 bits per heavy atom. The number of carbonyl (C=O) groups is 2. The van der Waals surface area contributed by atoms with Crippen molar-refractivity contribution in [2.75, 3.05) is 19.6 Å². The minimum atomic E-state index is -1.02. The molecule has 20 heavy (non-hydrogen) atoms. The SMILES string of the molecule is CCCCN(CC)C(=O)NCCc1nc(C(=O)O)cs1. The van der Waals surface area contributed by atoms with Gasteiger partial charge >= 0.3 is 12.0 Å². The van der Waals surface area contributed by atoms with Crippen LogP contribution in [0.5, 0.6) is 0 Å². The summed E-state index contributed by atoms with van der Waals surface area (Å²) in [6, 6.07) is -0.0732. The molecule has 0 atom stereocenters. The van der Waals surface area contributed by atoms with Gasteiger partial charge in [-0.25, -0.2) is 14.6 Å². The minimum absolute atomic E-state index is 0.0643. The van der Waals surface area contributed by atoms with E-state index in [9.17, 15) is 9.59 Å². The normalized spacial score (nSPS) is 10.3. The lowest BCUT2D eigenvalue weighted by atomic mass is 10.3. The predicted molar refractivity (Wildman–Crippen MR) is 78.3 cm³/mol. The van der Waals surface area contributed by atoms with Gasteiger partial charge in [-0.1, -0.05) is 13.3 Å². The second-order valence-corrected chi connectivity index (χ2v) is 5.29.